The lowest BCUT2D eigenvalue weighted by Gasteiger charge is -2.15. The highest BCUT2D eigenvalue weighted by Gasteiger charge is 2.08. The van der Waals surface area contributed by atoms with Gasteiger partial charge in [0.2, 0.25) is 0 Å². The van der Waals surface area contributed by atoms with Crippen LogP contribution in [0.25, 0.3) is 0 Å². The standard InChI is InChI=1S/C18H21FN2O2S/c1-4-22-16-9-8-14(11-17(16)23-5-2)21-18(24)20-13-7-6-12(3)15(19)10-13/h6-11H,4-5H2,1-3H3,(H2,20,21,24). The van der Waals surface area contributed by atoms with E-state index in [1.807, 2.05) is 32.0 Å². The molecule has 0 saturated heterocycles. The fourth-order valence-electron chi connectivity index (χ4n) is 2.09. The van der Waals surface area contributed by atoms with Gasteiger partial charge in [-0.05, 0) is 62.8 Å². The predicted molar refractivity (Wildman–Crippen MR) is 99.8 cm³/mol. The van der Waals surface area contributed by atoms with Crippen LogP contribution in [0.4, 0.5) is 15.8 Å². The summed E-state index contributed by atoms with van der Waals surface area (Å²) in [5, 5.41) is 6.38. The minimum atomic E-state index is -0.275. The minimum absolute atomic E-state index is 0.275. The Morgan fingerprint density at radius 2 is 1.54 bits per heavy atom. The molecule has 0 bridgehead atoms. The monoisotopic (exact) mass is 348 g/mol. The van der Waals surface area contributed by atoms with E-state index in [1.165, 1.54) is 6.07 Å². The molecule has 6 heteroatoms. The lowest BCUT2D eigenvalue weighted by molar-refractivity contribution is 0.288. The zero-order valence-corrected chi connectivity index (χ0v) is 14.8. The van der Waals surface area contributed by atoms with Gasteiger partial charge in [-0.3, -0.25) is 0 Å². The average Bonchev–Trinajstić information content (AvgIpc) is 2.54. The molecule has 0 aromatic heterocycles. The summed E-state index contributed by atoms with van der Waals surface area (Å²) in [6.07, 6.45) is 0. The number of rotatable bonds is 6. The van der Waals surface area contributed by atoms with Gasteiger partial charge in [0.25, 0.3) is 0 Å². The van der Waals surface area contributed by atoms with Crippen molar-refractivity contribution < 1.29 is 13.9 Å². The van der Waals surface area contributed by atoms with Gasteiger partial charge in [-0.15, -0.1) is 0 Å². The maximum absolute atomic E-state index is 13.6. The summed E-state index contributed by atoms with van der Waals surface area (Å²) < 4.78 is 24.7. The second-order valence-electron chi connectivity index (χ2n) is 5.07. The SMILES string of the molecule is CCOc1ccc(NC(=S)Nc2ccc(C)c(F)c2)cc1OCC. The Morgan fingerprint density at radius 3 is 2.17 bits per heavy atom. The second kappa shape index (κ2) is 8.49. The zero-order valence-electron chi connectivity index (χ0n) is 14.0. The average molecular weight is 348 g/mol. The van der Waals surface area contributed by atoms with E-state index in [9.17, 15) is 4.39 Å². The third-order valence-corrected chi connectivity index (χ3v) is 3.44. The van der Waals surface area contributed by atoms with Crippen LogP contribution in [0.3, 0.4) is 0 Å². The molecule has 0 amide bonds. The van der Waals surface area contributed by atoms with E-state index >= 15 is 0 Å². The molecule has 0 aliphatic heterocycles. The zero-order chi connectivity index (χ0) is 17.5. The summed E-state index contributed by atoms with van der Waals surface area (Å²) in [4.78, 5) is 0. The number of thiocarbonyl (C=S) groups is 1. The third-order valence-electron chi connectivity index (χ3n) is 3.23. The summed E-state index contributed by atoms with van der Waals surface area (Å²) in [6.45, 7) is 6.64. The Hall–Kier alpha value is -2.34. The van der Waals surface area contributed by atoms with Crippen molar-refractivity contribution in [1.82, 2.24) is 0 Å². The Balaban J connectivity index is 2.07. The Labute approximate surface area is 147 Å². The van der Waals surface area contributed by atoms with Gasteiger partial charge < -0.3 is 20.1 Å². The van der Waals surface area contributed by atoms with Crippen molar-refractivity contribution in [2.75, 3.05) is 23.8 Å². The molecule has 0 fully saturated rings. The molecule has 0 saturated carbocycles. The number of benzene rings is 2. The largest absolute Gasteiger partial charge is 0.490 e. The number of aryl methyl sites for hydroxylation is 1. The summed E-state index contributed by atoms with van der Waals surface area (Å²) in [5.74, 6) is 1.06. The van der Waals surface area contributed by atoms with Crippen LogP contribution in [0.5, 0.6) is 11.5 Å². The first kappa shape index (κ1) is 18.0. The number of nitrogens with one attached hydrogen (secondary N) is 2. The maximum Gasteiger partial charge on any atom is 0.175 e. The molecule has 0 atom stereocenters. The van der Waals surface area contributed by atoms with Gasteiger partial charge in [0, 0.05) is 17.4 Å². The Bertz CT molecular complexity index is 722. The Morgan fingerprint density at radius 1 is 0.958 bits per heavy atom. The van der Waals surface area contributed by atoms with Crippen LogP contribution in [0.1, 0.15) is 19.4 Å². The first-order valence-corrected chi connectivity index (χ1v) is 8.18. The highest BCUT2D eigenvalue weighted by Crippen LogP contribution is 2.30. The predicted octanol–water partition coefficient (Wildman–Crippen LogP) is 4.74. The van der Waals surface area contributed by atoms with Crippen molar-refractivity contribution >= 4 is 28.7 Å². The second-order valence-corrected chi connectivity index (χ2v) is 5.48. The molecule has 2 aromatic rings. The summed E-state index contributed by atoms with van der Waals surface area (Å²) in [7, 11) is 0. The van der Waals surface area contributed by atoms with E-state index in [0.29, 0.717) is 41.1 Å². The molecule has 128 valence electrons. The summed E-state index contributed by atoms with van der Waals surface area (Å²) in [6, 6.07) is 10.4. The molecular weight excluding hydrogens is 327 g/mol. The molecule has 0 aliphatic carbocycles. The van der Waals surface area contributed by atoms with Gasteiger partial charge in [-0.25, -0.2) is 4.39 Å². The van der Waals surface area contributed by atoms with Crippen LogP contribution in [-0.2, 0) is 0 Å². The molecular formula is C18H21FN2O2S. The van der Waals surface area contributed by atoms with Gasteiger partial charge in [-0.1, -0.05) is 6.07 Å². The maximum atomic E-state index is 13.6. The number of hydrogen-bond donors (Lipinski definition) is 2. The van der Waals surface area contributed by atoms with Gasteiger partial charge in [-0.2, -0.15) is 0 Å². The molecule has 4 nitrogen and oxygen atoms in total. The molecule has 24 heavy (non-hydrogen) atoms. The van der Waals surface area contributed by atoms with E-state index in [1.54, 1.807) is 19.1 Å². The van der Waals surface area contributed by atoms with E-state index in [-0.39, 0.29) is 5.82 Å². The lowest BCUT2D eigenvalue weighted by Crippen LogP contribution is -2.19. The molecule has 0 heterocycles. The number of anilines is 2. The van der Waals surface area contributed by atoms with Crippen LogP contribution < -0.4 is 20.1 Å². The van der Waals surface area contributed by atoms with Crippen LogP contribution in [-0.4, -0.2) is 18.3 Å². The third kappa shape index (κ3) is 4.83. The number of ether oxygens (including phenoxy) is 2. The van der Waals surface area contributed by atoms with Crippen LogP contribution in [0.15, 0.2) is 36.4 Å². The summed E-state index contributed by atoms with van der Waals surface area (Å²) >= 11 is 5.27. The fraction of sp³-hybridized carbons (Fsp3) is 0.278. The molecule has 0 spiro atoms. The van der Waals surface area contributed by atoms with Crippen molar-refractivity contribution in [3.05, 3.63) is 47.8 Å². The topological polar surface area (TPSA) is 42.5 Å². The molecule has 0 aliphatic rings. The molecule has 2 rings (SSSR count). The van der Waals surface area contributed by atoms with Gasteiger partial charge in [0.1, 0.15) is 5.82 Å². The van der Waals surface area contributed by atoms with Crippen molar-refractivity contribution in [2.24, 2.45) is 0 Å². The summed E-state index contributed by atoms with van der Waals surface area (Å²) in [5.41, 5.74) is 1.94. The minimum Gasteiger partial charge on any atom is -0.490 e. The van der Waals surface area contributed by atoms with E-state index in [4.69, 9.17) is 21.7 Å². The molecule has 0 unspecified atom stereocenters. The van der Waals surface area contributed by atoms with Crippen LogP contribution in [0.2, 0.25) is 0 Å². The molecule has 2 aromatic carbocycles. The normalized spacial score (nSPS) is 10.2. The van der Waals surface area contributed by atoms with Crippen molar-refractivity contribution in [2.45, 2.75) is 20.8 Å². The van der Waals surface area contributed by atoms with Gasteiger partial charge in [0.05, 0.1) is 13.2 Å². The fourth-order valence-corrected chi connectivity index (χ4v) is 2.33. The van der Waals surface area contributed by atoms with E-state index in [0.717, 1.165) is 5.69 Å². The van der Waals surface area contributed by atoms with Gasteiger partial charge >= 0.3 is 0 Å². The van der Waals surface area contributed by atoms with E-state index in [2.05, 4.69) is 10.6 Å². The van der Waals surface area contributed by atoms with Crippen LogP contribution in [0, 0.1) is 12.7 Å². The Kier molecular flexibility index (Phi) is 6.37. The number of hydrogen-bond acceptors (Lipinski definition) is 3. The molecule has 0 radical (unpaired) electrons. The lowest BCUT2D eigenvalue weighted by atomic mass is 10.2. The quantitative estimate of drug-likeness (QED) is 0.738. The first-order valence-electron chi connectivity index (χ1n) is 7.77. The molecule has 2 N–H and O–H groups in total. The van der Waals surface area contributed by atoms with Crippen molar-refractivity contribution in [1.29, 1.82) is 0 Å². The highest BCUT2D eigenvalue weighted by atomic mass is 32.1. The van der Waals surface area contributed by atoms with Crippen LogP contribution >= 0.6 is 12.2 Å². The smallest absolute Gasteiger partial charge is 0.175 e. The van der Waals surface area contributed by atoms with Crippen molar-refractivity contribution in [3.8, 4) is 11.5 Å². The first-order chi connectivity index (χ1) is 11.5. The van der Waals surface area contributed by atoms with Gasteiger partial charge in [0.15, 0.2) is 16.6 Å². The van der Waals surface area contributed by atoms with Crippen molar-refractivity contribution in [3.63, 3.8) is 0 Å². The number of halogens is 1. The van der Waals surface area contributed by atoms with E-state index < -0.39 is 0 Å². The highest BCUT2D eigenvalue weighted by molar-refractivity contribution is 7.80.